The average molecular weight is 302 g/mol. The predicted octanol–water partition coefficient (Wildman–Crippen LogP) is 1.64. The molecule has 1 heterocycles. The van der Waals surface area contributed by atoms with Crippen molar-refractivity contribution in [2.24, 2.45) is 0 Å². The SMILES string of the molecule is COc1cc(C(=O)NCC(=O)NCc2ccco2)ccc1C. The van der Waals surface area contributed by atoms with E-state index in [0.717, 1.165) is 5.56 Å². The first-order valence-corrected chi connectivity index (χ1v) is 6.82. The lowest BCUT2D eigenvalue weighted by atomic mass is 10.1. The Labute approximate surface area is 128 Å². The van der Waals surface area contributed by atoms with Gasteiger partial charge in [-0.15, -0.1) is 0 Å². The first-order valence-electron chi connectivity index (χ1n) is 6.82. The number of ether oxygens (including phenoxy) is 1. The molecule has 6 nitrogen and oxygen atoms in total. The number of carbonyl (C=O) groups is 2. The molecule has 2 aromatic rings. The Balaban J connectivity index is 1.83. The van der Waals surface area contributed by atoms with Gasteiger partial charge < -0.3 is 19.8 Å². The average Bonchev–Trinajstić information content (AvgIpc) is 3.04. The van der Waals surface area contributed by atoms with Gasteiger partial charge in [0, 0.05) is 5.56 Å². The fourth-order valence-electron chi connectivity index (χ4n) is 1.89. The number of furan rings is 1. The van der Waals surface area contributed by atoms with E-state index in [2.05, 4.69) is 10.6 Å². The van der Waals surface area contributed by atoms with Crippen LogP contribution in [0.4, 0.5) is 0 Å². The van der Waals surface area contributed by atoms with Crippen LogP contribution >= 0.6 is 0 Å². The molecule has 2 rings (SSSR count). The van der Waals surface area contributed by atoms with Crippen molar-refractivity contribution in [1.82, 2.24) is 10.6 Å². The minimum absolute atomic E-state index is 0.101. The van der Waals surface area contributed by atoms with E-state index in [1.165, 1.54) is 6.26 Å². The van der Waals surface area contributed by atoms with Crippen molar-refractivity contribution in [1.29, 1.82) is 0 Å². The number of aryl methyl sites for hydroxylation is 1. The maximum atomic E-state index is 12.0. The van der Waals surface area contributed by atoms with E-state index >= 15 is 0 Å². The molecule has 6 heteroatoms. The third-order valence-electron chi connectivity index (χ3n) is 3.12. The molecule has 0 aliphatic carbocycles. The van der Waals surface area contributed by atoms with Gasteiger partial charge >= 0.3 is 0 Å². The van der Waals surface area contributed by atoms with Gasteiger partial charge in [0.15, 0.2) is 0 Å². The lowest BCUT2D eigenvalue weighted by Crippen LogP contribution is -2.36. The fourth-order valence-corrected chi connectivity index (χ4v) is 1.89. The summed E-state index contributed by atoms with van der Waals surface area (Å²) in [7, 11) is 1.55. The zero-order chi connectivity index (χ0) is 15.9. The van der Waals surface area contributed by atoms with Crippen molar-refractivity contribution >= 4 is 11.8 Å². The van der Waals surface area contributed by atoms with Gasteiger partial charge in [-0.1, -0.05) is 6.07 Å². The van der Waals surface area contributed by atoms with Gasteiger partial charge in [0.1, 0.15) is 11.5 Å². The Morgan fingerprint density at radius 1 is 1.23 bits per heavy atom. The van der Waals surface area contributed by atoms with Gasteiger partial charge in [-0.25, -0.2) is 0 Å². The molecule has 0 radical (unpaired) electrons. The van der Waals surface area contributed by atoms with Gasteiger partial charge in [0.05, 0.1) is 26.5 Å². The third kappa shape index (κ3) is 4.12. The van der Waals surface area contributed by atoms with Crippen LogP contribution in [0.25, 0.3) is 0 Å². The Hall–Kier alpha value is -2.76. The molecule has 0 spiro atoms. The molecule has 0 aliphatic heterocycles. The standard InChI is InChI=1S/C16H18N2O4/c1-11-5-6-12(8-14(11)21-2)16(20)18-10-15(19)17-9-13-4-3-7-22-13/h3-8H,9-10H2,1-2H3,(H,17,19)(H,18,20). The van der Waals surface area contributed by atoms with Crippen LogP contribution in [0.5, 0.6) is 5.75 Å². The molecule has 1 aromatic heterocycles. The summed E-state index contributed by atoms with van der Waals surface area (Å²) >= 11 is 0. The third-order valence-corrected chi connectivity index (χ3v) is 3.12. The summed E-state index contributed by atoms with van der Waals surface area (Å²) in [5.74, 6) is 0.674. The number of methoxy groups -OCH3 is 1. The number of benzene rings is 1. The molecule has 0 unspecified atom stereocenters. The van der Waals surface area contributed by atoms with E-state index in [9.17, 15) is 9.59 Å². The first kappa shape index (κ1) is 15.6. The van der Waals surface area contributed by atoms with Crippen molar-refractivity contribution in [3.05, 3.63) is 53.5 Å². The van der Waals surface area contributed by atoms with E-state index in [-0.39, 0.29) is 18.4 Å². The monoisotopic (exact) mass is 302 g/mol. The van der Waals surface area contributed by atoms with Gasteiger partial charge in [0.2, 0.25) is 5.91 Å². The summed E-state index contributed by atoms with van der Waals surface area (Å²) in [5.41, 5.74) is 1.39. The van der Waals surface area contributed by atoms with Gasteiger partial charge in [-0.05, 0) is 36.8 Å². The summed E-state index contributed by atoms with van der Waals surface area (Å²) in [6.45, 7) is 2.08. The van der Waals surface area contributed by atoms with Crippen LogP contribution < -0.4 is 15.4 Å². The molecular formula is C16H18N2O4. The number of hydrogen-bond acceptors (Lipinski definition) is 4. The zero-order valence-corrected chi connectivity index (χ0v) is 12.5. The second kappa shape index (κ2) is 7.31. The van der Waals surface area contributed by atoms with Crippen LogP contribution in [0.3, 0.4) is 0 Å². The molecule has 0 atom stereocenters. The minimum Gasteiger partial charge on any atom is -0.496 e. The largest absolute Gasteiger partial charge is 0.496 e. The number of carbonyl (C=O) groups excluding carboxylic acids is 2. The molecule has 2 amide bonds. The topological polar surface area (TPSA) is 80.6 Å². The number of amides is 2. The zero-order valence-electron chi connectivity index (χ0n) is 12.5. The van der Waals surface area contributed by atoms with Crippen LogP contribution in [0, 0.1) is 6.92 Å². The second-order valence-corrected chi connectivity index (χ2v) is 4.72. The van der Waals surface area contributed by atoms with Gasteiger partial charge in [-0.2, -0.15) is 0 Å². The van der Waals surface area contributed by atoms with Crippen molar-refractivity contribution in [3.63, 3.8) is 0 Å². The van der Waals surface area contributed by atoms with Gasteiger partial charge in [0.25, 0.3) is 5.91 Å². The summed E-state index contributed by atoms with van der Waals surface area (Å²) in [6, 6.07) is 8.63. The molecule has 0 aliphatic rings. The van der Waals surface area contributed by atoms with Crippen LogP contribution in [-0.2, 0) is 11.3 Å². The highest BCUT2D eigenvalue weighted by Crippen LogP contribution is 2.18. The molecule has 0 saturated heterocycles. The molecule has 22 heavy (non-hydrogen) atoms. The maximum Gasteiger partial charge on any atom is 0.251 e. The molecule has 0 bridgehead atoms. The fraction of sp³-hybridized carbons (Fsp3) is 0.250. The normalized spacial score (nSPS) is 10.1. The molecule has 1 aromatic carbocycles. The summed E-state index contributed by atoms with van der Waals surface area (Å²) in [4.78, 5) is 23.7. The van der Waals surface area contributed by atoms with Crippen molar-refractivity contribution in [3.8, 4) is 5.75 Å². The first-order chi connectivity index (χ1) is 10.6. The molecule has 2 N–H and O–H groups in total. The summed E-state index contributed by atoms with van der Waals surface area (Å²) in [6.07, 6.45) is 1.54. The summed E-state index contributed by atoms with van der Waals surface area (Å²) in [5, 5.41) is 5.21. The van der Waals surface area contributed by atoms with Crippen LogP contribution in [-0.4, -0.2) is 25.5 Å². The highest BCUT2D eigenvalue weighted by Gasteiger charge is 2.10. The smallest absolute Gasteiger partial charge is 0.251 e. The van der Waals surface area contributed by atoms with Gasteiger partial charge in [-0.3, -0.25) is 9.59 Å². The lowest BCUT2D eigenvalue weighted by molar-refractivity contribution is -0.120. The van der Waals surface area contributed by atoms with E-state index in [1.54, 1.807) is 37.4 Å². The van der Waals surface area contributed by atoms with E-state index in [0.29, 0.717) is 23.6 Å². The van der Waals surface area contributed by atoms with Crippen molar-refractivity contribution in [2.75, 3.05) is 13.7 Å². The second-order valence-electron chi connectivity index (χ2n) is 4.72. The van der Waals surface area contributed by atoms with Crippen LogP contribution in [0.2, 0.25) is 0 Å². The molecular weight excluding hydrogens is 284 g/mol. The lowest BCUT2D eigenvalue weighted by Gasteiger charge is -2.09. The highest BCUT2D eigenvalue weighted by molar-refractivity contribution is 5.96. The van der Waals surface area contributed by atoms with Crippen molar-refractivity contribution < 1.29 is 18.7 Å². The van der Waals surface area contributed by atoms with Crippen LogP contribution in [0.15, 0.2) is 41.0 Å². The van der Waals surface area contributed by atoms with Crippen LogP contribution in [0.1, 0.15) is 21.7 Å². The highest BCUT2D eigenvalue weighted by atomic mass is 16.5. The Kier molecular flexibility index (Phi) is 5.19. The van der Waals surface area contributed by atoms with Crippen molar-refractivity contribution in [2.45, 2.75) is 13.5 Å². The molecule has 116 valence electrons. The molecule has 0 fully saturated rings. The van der Waals surface area contributed by atoms with E-state index in [4.69, 9.17) is 9.15 Å². The Morgan fingerprint density at radius 2 is 2.05 bits per heavy atom. The Morgan fingerprint density at radius 3 is 2.73 bits per heavy atom. The molecule has 0 saturated carbocycles. The Bertz CT molecular complexity index is 650. The minimum atomic E-state index is -0.327. The van der Waals surface area contributed by atoms with E-state index < -0.39 is 0 Å². The maximum absolute atomic E-state index is 12.0. The predicted molar refractivity (Wildman–Crippen MR) is 80.6 cm³/mol. The quantitative estimate of drug-likeness (QED) is 0.850. The summed E-state index contributed by atoms with van der Waals surface area (Å²) < 4.78 is 10.3. The number of nitrogens with one attached hydrogen (secondary N) is 2. The van der Waals surface area contributed by atoms with E-state index in [1.807, 2.05) is 6.92 Å². The number of hydrogen-bond donors (Lipinski definition) is 2. The number of rotatable bonds is 6.